The summed E-state index contributed by atoms with van der Waals surface area (Å²) in [6.07, 6.45) is 0.462. The molecular weight excluding hydrogens is 456 g/mol. The summed E-state index contributed by atoms with van der Waals surface area (Å²) in [6.45, 7) is 2.05. The number of carbonyl (C=O) groups is 2. The van der Waals surface area contributed by atoms with Gasteiger partial charge < -0.3 is 9.64 Å². The number of para-hydroxylation sites is 1. The van der Waals surface area contributed by atoms with Gasteiger partial charge in [-0.2, -0.15) is 9.40 Å². The van der Waals surface area contributed by atoms with E-state index < -0.39 is 16.0 Å². The quantitative estimate of drug-likeness (QED) is 0.501. The van der Waals surface area contributed by atoms with E-state index in [1.165, 1.54) is 30.5 Å². The average Bonchev–Trinajstić information content (AvgIpc) is 3.17. The number of fused-ring (bicyclic) bond motifs is 1. The van der Waals surface area contributed by atoms with Gasteiger partial charge in [0.1, 0.15) is 0 Å². The van der Waals surface area contributed by atoms with Gasteiger partial charge in [0.2, 0.25) is 15.9 Å². The Morgan fingerprint density at radius 2 is 1.76 bits per heavy atom. The van der Waals surface area contributed by atoms with Crippen LogP contribution in [-0.2, 0) is 46.1 Å². The zero-order valence-corrected chi connectivity index (χ0v) is 20.1. The van der Waals surface area contributed by atoms with E-state index in [9.17, 15) is 18.0 Å². The number of carbonyl (C=O) groups excluding carboxylic acids is 2. The number of hydrogen-bond donors (Lipinski definition) is 0. The van der Waals surface area contributed by atoms with Gasteiger partial charge in [0.05, 0.1) is 29.8 Å². The average molecular weight is 483 g/mol. The Kier molecular flexibility index (Phi) is 6.54. The number of ether oxygens (including phenoxy) is 1. The number of sulfonamides is 1. The lowest BCUT2D eigenvalue weighted by molar-refractivity contribution is -0.116. The van der Waals surface area contributed by atoms with Crippen LogP contribution in [0.3, 0.4) is 0 Å². The van der Waals surface area contributed by atoms with Gasteiger partial charge in [-0.1, -0.05) is 30.3 Å². The van der Waals surface area contributed by atoms with Crippen molar-refractivity contribution < 1.29 is 22.7 Å². The maximum atomic E-state index is 13.5. The van der Waals surface area contributed by atoms with Gasteiger partial charge >= 0.3 is 5.97 Å². The van der Waals surface area contributed by atoms with E-state index in [-0.39, 0.29) is 36.0 Å². The van der Waals surface area contributed by atoms with Crippen molar-refractivity contribution in [3.05, 3.63) is 77.1 Å². The minimum atomic E-state index is -3.98. The molecule has 1 aromatic heterocycles. The van der Waals surface area contributed by atoms with Crippen molar-refractivity contribution in [2.45, 2.75) is 31.3 Å². The molecule has 1 aliphatic heterocycles. The Morgan fingerprint density at radius 1 is 1.09 bits per heavy atom. The summed E-state index contributed by atoms with van der Waals surface area (Å²) in [6, 6.07) is 15.3. The smallest absolute Gasteiger partial charge is 0.339 e. The van der Waals surface area contributed by atoms with Gasteiger partial charge in [0, 0.05) is 50.4 Å². The topological polar surface area (TPSA) is 102 Å². The number of anilines is 1. The van der Waals surface area contributed by atoms with Crippen LogP contribution in [0.1, 0.15) is 34.2 Å². The van der Waals surface area contributed by atoms with Crippen LogP contribution in [0.4, 0.5) is 5.69 Å². The molecule has 0 N–H and O–H groups in total. The van der Waals surface area contributed by atoms with Gasteiger partial charge in [-0.05, 0) is 24.3 Å². The fourth-order valence-electron chi connectivity index (χ4n) is 4.23. The third-order valence-corrected chi connectivity index (χ3v) is 7.86. The zero-order chi connectivity index (χ0) is 24.5. The summed E-state index contributed by atoms with van der Waals surface area (Å²) in [7, 11) is -0.944. The molecule has 0 saturated heterocycles. The number of benzene rings is 2. The molecule has 0 spiro atoms. The maximum absolute atomic E-state index is 13.5. The Labute approximate surface area is 198 Å². The summed E-state index contributed by atoms with van der Waals surface area (Å²) in [5.74, 6) is -0.850. The van der Waals surface area contributed by atoms with Gasteiger partial charge in [-0.25, -0.2) is 13.2 Å². The number of esters is 1. The monoisotopic (exact) mass is 482 g/mol. The van der Waals surface area contributed by atoms with Crippen LogP contribution in [0, 0.1) is 0 Å². The highest BCUT2D eigenvalue weighted by Crippen LogP contribution is 2.30. The molecule has 3 aromatic rings. The molecule has 0 fully saturated rings. The van der Waals surface area contributed by atoms with Crippen molar-refractivity contribution in [2.75, 3.05) is 18.6 Å². The minimum Gasteiger partial charge on any atom is -0.465 e. The van der Waals surface area contributed by atoms with Crippen molar-refractivity contribution in [2.24, 2.45) is 7.05 Å². The number of amides is 1. The van der Waals surface area contributed by atoms with Crippen LogP contribution in [-0.4, -0.2) is 48.0 Å². The molecule has 2 aromatic carbocycles. The van der Waals surface area contributed by atoms with Crippen molar-refractivity contribution in [1.82, 2.24) is 14.1 Å². The number of hydrogen-bond acceptors (Lipinski definition) is 6. The van der Waals surface area contributed by atoms with E-state index >= 15 is 0 Å². The SMILES string of the molecule is COC(=O)c1ccccc1S(=O)(=O)N1CCc2c(c(CN(C(C)=O)c3ccccc3)nn2C)C1. The first-order valence-corrected chi connectivity index (χ1v) is 12.2. The number of methoxy groups -OCH3 is 1. The lowest BCUT2D eigenvalue weighted by Crippen LogP contribution is -2.37. The highest BCUT2D eigenvalue weighted by atomic mass is 32.2. The van der Waals surface area contributed by atoms with Crippen molar-refractivity contribution in [3.63, 3.8) is 0 Å². The number of nitrogens with zero attached hydrogens (tertiary/aromatic N) is 4. The van der Waals surface area contributed by atoms with Gasteiger partial charge in [0.15, 0.2) is 0 Å². The van der Waals surface area contributed by atoms with Crippen LogP contribution in [0.25, 0.3) is 0 Å². The Balaban J connectivity index is 1.68. The molecule has 0 radical (unpaired) electrons. The van der Waals surface area contributed by atoms with E-state index in [2.05, 4.69) is 5.10 Å². The standard InChI is InChI=1S/C24H26N4O5S/c1-17(29)28(18-9-5-4-6-10-18)16-21-20-15-27(14-13-22(20)26(2)25-21)34(31,32)23-12-8-7-11-19(23)24(30)33-3/h4-12H,13-16H2,1-3H3. The summed E-state index contributed by atoms with van der Waals surface area (Å²) >= 11 is 0. The van der Waals surface area contributed by atoms with Crippen molar-refractivity contribution in [3.8, 4) is 0 Å². The Bertz CT molecular complexity index is 1330. The lowest BCUT2D eigenvalue weighted by atomic mass is 10.1. The minimum absolute atomic E-state index is 0.00552. The van der Waals surface area contributed by atoms with Crippen LogP contribution in [0.2, 0.25) is 0 Å². The fraction of sp³-hybridized carbons (Fsp3) is 0.292. The first-order valence-electron chi connectivity index (χ1n) is 10.8. The van der Waals surface area contributed by atoms with Crippen LogP contribution in [0.5, 0.6) is 0 Å². The molecule has 34 heavy (non-hydrogen) atoms. The predicted octanol–water partition coefficient (Wildman–Crippen LogP) is 2.51. The predicted molar refractivity (Wildman–Crippen MR) is 126 cm³/mol. The van der Waals surface area contributed by atoms with Crippen molar-refractivity contribution in [1.29, 1.82) is 0 Å². The van der Waals surface area contributed by atoms with Gasteiger partial charge in [0.25, 0.3) is 0 Å². The van der Waals surface area contributed by atoms with E-state index in [1.807, 2.05) is 37.4 Å². The van der Waals surface area contributed by atoms with E-state index in [1.54, 1.807) is 21.7 Å². The molecule has 178 valence electrons. The fourth-order valence-corrected chi connectivity index (χ4v) is 5.82. The zero-order valence-electron chi connectivity index (χ0n) is 19.3. The third-order valence-electron chi connectivity index (χ3n) is 5.96. The number of rotatable bonds is 6. The molecule has 0 unspecified atom stereocenters. The van der Waals surface area contributed by atoms with Crippen LogP contribution >= 0.6 is 0 Å². The summed E-state index contributed by atoms with van der Waals surface area (Å²) in [5, 5.41) is 4.62. The molecule has 1 amide bonds. The maximum Gasteiger partial charge on any atom is 0.339 e. The second-order valence-electron chi connectivity index (χ2n) is 8.01. The number of aryl methyl sites for hydroxylation is 1. The van der Waals surface area contributed by atoms with E-state index in [0.29, 0.717) is 12.1 Å². The lowest BCUT2D eigenvalue weighted by Gasteiger charge is -2.28. The summed E-state index contributed by atoms with van der Waals surface area (Å²) in [4.78, 5) is 26.1. The first kappa shape index (κ1) is 23.7. The molecule has 4 rings (SSSR count). The molecular formula is C24H26N4O5S. The van der Waals surface area contributed by atoms with E-state index in [0.717, 1.165) is 16.9 Å². The Morgan fingerprint density at radius 3 is 2.44 bits per heavy atom. The van der Waals surface area contributed by atoms with Crippen LogP contribution in [0.15, 0.2) is 59.5 Å². The third kappa shape index (κ3) is 4.34. The second-order valence-corrected chi connectivity index (χ2v) is 9.92. The normalized spacial score (nSPS) is 13.9. The molecule has 10 heteroatoms. The molecule has 2 heterocycles. The Hall–Kier alpha value is -3.50. The molecule has 9 nitrogen and oxygen atoms in total. The molecule has 0 atom stereocenters. The summed E-state index contributed by atoms with van der Waals surface area (Å²) < 4.78 is 34.9. The first-order chi connectivity index (χ1) is 16.2. The van der Waals surface area contributed by atoms with Crippen molar-refractivity contribution >= 4 is 27.6 Å². The second kappa shape index (κ2) is 9.40. The molecule has 0 bridgehead atoms. The highest BCUT2D eigenvalue weighted by molar-refractivity contribution is 7.89. The number of aromatic nitrogens is 2. The van der Waals surface area contributed by atoms with Gasteiger partial charge in [-0.3, -0.25) is 9.48 Å². The van der Waals surface area contributed by atoms with Crippen LogP contribution < -0.4 is 4.90 Å². The molecule has 1 aliphatic rings. The van der Waals surface area contributed by atoms with Gasteiger partial charge in [-0.15, -0.1) is 0 Å². The highest BCUT2D eigenvalue weighted by Gasteiger charge is 2.34. The largest absolute Gasteiger partial charge is 0.465 e. The summed E-state index contributed by atoms with van der Waals surface area (Å²) in [5.41, 5.74) is 3.07. The molecule has 0 saturated carbocycles. The van der Waals surface area contributed by atoms with E-state index in [4.69, 9.17) is 4.74 Å². The molecule has 0 aliphatic carbocycles.